The normalized spacial score (nSPS) is 16.4. The van der Waals surface area contributed by atoms with E-state index in [1.807, 2.05) is 36.0 Å². The summed E-state index contributed by atoms with van der Waals surface area (Å²) >= 11 is 1.91. The van der Waals surface area contributed by atoms with Gasteiger partial charge in [0, 0.05) is 29.6 Å². The lowest BCUT2D eigenvalue weighted by Gasteiger charge is -2.37. The van der Waals surface area contributed by atoms with E-state index in [2.05, 4.69) is 87.7 Å². The van der Waals surface area contributed by atoms with Crippen LogP contribution in [0, 0.1) is 11.6 Å². The third-order valence-corrected chi connectivity index (χ3v) is 9.98. The molecule has 0 amide bonds. The molecular weight excluding hydrogens is 604 g/mol. The molecule has 1 aliphatic heterocycles. The smallest absolute Gasteiger partial charge is 0.318 e. The lowest BCUT2D eigenvalue weighted by atomic mass is 9.84. The van der Waals surface area contributed by atoms with Gasteiger partial charge in [-0.25, -0.2) is 13.8 Å². The van der Waals surface area contributed by atoms with E-state index in [1.165, 1.54) is 23.8 Å². The Balaban J connectivity index is 1.33. The third kappa shape index (κ3) is 6.57. The second-order valence-corrected chi connectivity index (χ2v) is 12.6. The Morgan fingerprint density at radius 3 is 1.98 bits per heavy atom. The largest absolute Gasteiger partial charge is 0.494 e. The molecule has 1 aliphatic rings. The average molecular weight is 640 g/mol. The molecule has 1 fully saturated rings. The summed E-state index contributed by atoms with van der Waals surface area (Å²) in [5.74, 6) is -0.628. The van der Waals surface area contributed by atoms with Gasteiger partial charge in [0.25, 0.3) is 0 Å². The topological polar surface area (TPSA) is 56.7 Å². The predicted octanol–water partition coefficient (Wildman–Crippen LogP) is 7.66. The SMILES string of the molecule is COc1nccc(N2CC(SC(c3ccccc3)(c3ccccc3)c3ccccc3)CC2COCc2cc(F)c(OC)cc2F)n1. The van der Waals surface area contributed by atoms with Gasteiger partial charge < -0.3 is 19.1 Å². The fourth-order valence-electron chi connectivity index (χ4n) is 6.10. The maximum absolute atomic E-state index is 14.7. The lowest BCUT2D eigenvalue weighted by molar-refractivity contribution is 0.106. The molecule has 0 radical (unpaired) electrons. The summed E-state index contributed by atoms with van der Waals surface area (Å²) in [6.07, 6.45) is 2.45. The number of thioether (sulfide) groups is 1. The van der Waals surface area contributed by atoms with Crippen LogP contribution in [0.25, 0.3) is 0 Å². The zero-order chi connectivity index (χ0) is 31.9. The monoisotopic (exact) mass is 639 g/mol. The van der Waals surface area contributed by atoms with Crippen LogP contribution in [0.1, 0.15) is 28.7 Å². The van der Waals surface area contributed by atoms with Crippen LogP contribution in [0.4, 0.5) is 14.6 Å². The van der Waals surface area contributed by atoms with Crippen LogP contribution in [0.15, 0.2) is 115 Å². The molecule has 0 saturated carbocycles. The first kappa shape index (κ1) is 31.5. The molecule has 6 rings (SSSR count). The summed E-state index contributed by atoms with van der Waals surface area (Å²) < 4.78 is 44.9. The summed E-state index contributed by atoms with van der Waals surface area (Å²) in [6.45, 7) is 0.883. The number of hydrogen-bond donors (Lipinski definition) is 0. The molecule has 9 heteroatoms. The van der Waals surface area contributed by atoms with Gasteiger partial charge in [-0.2, -0.15) is 4.98 Å². The molecule has 0 aliphatic carbocycles. The minimum absolute atomic E-state index is 0.0794. The Hall–Kier alpha value is -4.47. The van der Waals surface area contributed by atoms with Crippen LogP contribution < -0.4 is 14.4 Å². The van der Waals surface area contributed by atoms with Crippen LogP contribution >= 0.6 is 11.8 Å². The fraction of sp³-hybridized carbons (Fsp3) is 0.243. The summed E-state index contributed by atoms with van der Waals surface area (Å²) in [7, 11) is 2.85. The van der Waals surface area contributed by atoms with Gasteiger partial charge in [-0.15, -0.1) is 11.8 Å². The highest BCUT2D eigenvalue weighted by molar-refractivity contribution is 8.01. The van der Waals surface area contributed by atoms with Crippen molar-refractivity contribution in [2.75, 3.05) is 32.3 Å². The van der Waals surface area contributed by atoms with Gasteiger partial charge in [0.05, 0.1) is 38.2 Å². The summed E-state index contributed by atoms with van der Waals surface area (Å²) in [5.41, 5.74) is 3.69. The Labute approximate surface area is 272 Å². The fourth-order valence-corrected chi connectivity index (χ4v) is 7.97. The number of ether oxygens (including phenoxy) is 3. The maximum Gasteiger partial charge on any atom is 0.318 e. The maximum atomic E-state index is 14.7. The number of halogens is 2. The lowest BCUT2D eigenvalue weighted by Crippen LogP contribution is -2.34. The minimum atomic E-state index is -0.631. The van der Waals surface area contributed by atoms with Crippen molar-refractivity contribution in [3.8, 4) is 11.8 Å². The molecular formula is C37H35F2N3O3S. The quantitative estimate of drug-likeness (QED) is 0.130. The van der Waals surface area contributed by atoms with E-state index in [0.717, 1.165) is 24.4 Å². The van der Waals surface area contributed by atoms with Gasteiger partial charge in [-0.05, 0) is 35.2 Å². The molecule has 4 aromatic carbocycles. The van der Waals surface area contributed by atoms with E-state index in [-0.39, 0.29) is 41.8 Å². The van der Waals surface area contributed by atoms with Crippen molar-refractivity contribution in [2.24, 2.45) is 0 Å². The minimum Gasteiger partial charge on any atom is -0.494 e. The van der Waals surface area contributed by atoms with Crippen LogP contribution in [-0.2, 0) is 16.1 Å². The second kappa shape index (κ2) is 14.3. The molecule has 5 aromatic rings. The number of rotatable bonds is 12. The molecule has 0 spiro atoms. The molecule has 0 bridgehead atoms. The zero-order valence-electron chi connectivity index (χ0n) is 25.7. The molecule has 1 saturated heterocycles. The second-order valence-electron chi connectivity index (χ2n) is 11.1. The number of nitrogens with zero attached hydrogens (tertiary/aromatic N) is 3. The third-order valence-electron chi connectivity index (χ3n) is 8.24. The standard InChI is InChI=1S/C37H35F2N3O3S/c1-43-34-22-32(38)26(20-33(34)39)24-45-25-30-21-31(23-42(30)35-18-19-40-36(41-35)44-2)46-37(27-12-6-3-7-13-27,28-14-8-4-9-15-28)29-16-10-5-11-17-29/h3-20,22,30-31H,21,23-25H2,1-2H3. The first-order valence-electron chi connectivity index (χ1n) is 15.1. The summed E-state index contributed by atoms with van der Waals surface area (Å²) in [5, 5.41) is 0.144. The van der Waals surface area contributed by atoms with Gasteiger partial charge >= 0.3 is 6.01 Å². The first-order chi connectivity index (χ1) is 22.5. The summed E-state index contributed by atoms with van der Waals surface area (Å²) in [4.78, 5) is 11.1. The van der Waals surface area contributed by atoms with Crippen molar-refractivity contribution < 1.29 is 23.0 Å². The van der Waals surface area contributed by atoms with Crippen LogP contribution in [0.2, 0.25) is 0 Å². The Bertz CT molecular complexity index is 1630. The number of benzene rings is 4. The van der Waals surface area contributed by atoms with E-state index >= 15 is 0 Å². The van der Waals surface area contributed by atoms with Crippen molar-refractivity contribution in [3.63, 3.8) is 0 Å². The Kier molecular flexibility index (Phi) is 9.80. The highest BCUT2D eigenvalue weighted by Crippen LogP contribution is 2.52. The van der Waals surface area contributed by atoms with Crippen molar-refractivity contribution in [3.05, 3.63) is 149 Å². The molecule has 1 aromatic heterocycles. The van der Waals surface area contributed by atoms with Gasteiger partial charge in [0.2, 0.25) is 0 Å². The van der Waals surface area contributed by atoms with Gasteiger partial charge in [0.1, 0.15) is 11.6 Å². The molecule has 0 N–H and O–H groups in total. The van der Waals surface area contributed by atoms with Crippen LogP contribution in [0.3, 0.4) is 0 Å². The first-order valence-corrected chi connectivity index (χ1v) is 16.0. The predicted molar refractivity (Wildman–Crippen MR) is 177 cm³/mol. The van der Waals surface area contributed by atoms with Crippen LogP contribution in [0.5, 0.6) is 11.8 Å². The molecule has 2 atom stereocenters. The van der Waals surface area contributed by atoms with Crippen molar-refractivity contribution in [1.29, 1.82) is 0 Å². The molecule has 6 nitrogen and oxygen atoms in total. The number of methoxy groups -OCH3 is 2. The number of hydrogen-bond acceptors (Lipinski definition) is 7. The molecule has 236 valence electrons. The van der Waals surface area contributed by atoms with Gasteiger partial charge in [-0.3, -0.25) is 0 Å². The Morgan fingerprint density at radius 2 is 1.41 bits per heavy atom. The Morgan fingerprint density at radius 1 is 0.804 bits per heavy atom. The molecule has 2 heterocycles. The van der Waals surface area contributed by atoms with Gasteiger partial charge in [-0.1, -0.05) is 91.0 Å². The van der Waals surface area contributed by atoms with E-state index in [0.29, 0.717) is 6.54 Å². The van der Waals surface area contributed by atoms with Gasteiger partial charge in [0.15, 0.2) is 11.6 Å². The number of aromatic nitrogens is 2. The van der Waals surface area contributed by atoms with E-state index in [4.69, 9.17) is 14.2 Å². The van der Waals surface area contributed by atoms with E-state index < -0.39 is 16.4 Å². The van der Waals surface area contributed by atoms with Crippen molar-refractivity contribution >= 4 is 17.6 Å². The van der Waals surface area contributed by atoms with Crippen molar-refractivity contribution in [1.82, 2.24) is 9.97 Å². The van der Waals surface area contributed by atoms with E-state index in [9.17, 15) is 8.78 Å². The highest BCUT2D eigenvalue weighted by Gasteiger charge is 2.43. The van der Waals surface area contributed by atoms with Crippen LogP contribution in [-0.4, -0.2) is 48.6 Å². The van der Waals surface area contributed by atoms with E-state index in [1.54, 1.807) is 13.3 Å². The molecule has 2 unspecified atom stereocenters. The highest BCUT2D eigenvalue weighted by atomic mass is 32.2. The molecule has 46 heavy (non-hydrogen) atoms. The van der Waals surface area contributed by atoms with Crippen molar-refractivity contribution in [2.45, 2.75) is 29.1 Å². The summed E-state index contributed by atoms with van der Waals surface area (Å²) in [6, 6.07) is 36.0. The average Bonchev–Trinajstić information content (AvgIpc) is 3.52. The zero-order valence-corrected chi connectivity index (χ0v) is 26.5. The number of anilines is 1.